The third-order valence-corrected chi connectivity index (χ3v) is 4.35. The Hall–Kier alpha value is -1.43. The van der Waals surface area contributed by atoms with Crippen molar-refractivity contribution in [2.75, 3.05) is 33.4 Å². The average Bonchev–Trinajstić information content (AvgIpc) is 2.86. The molecule has 0 radical (unpaired) electrons. The molecule has 1 aromatic heterocycles. The highest BCUT2D eigenvalue weighted by Gasteiger charge is 2.35. The molecule has 0 aliphatic carbocycles. The molecule has 0 amide bonds. The fourth-order valence-electron chi connectivity index (χ4n) is 3.23. The van der Waals surface area contributed by atoms with Crippen LogP contribution in [0.15, 0.2) is 24.3 Å². The van der Waals surface area contributed by atoms with Crippen LogP contribution in [0.1, 0.15) is 11.8 Å². The molecule has 1 fully saturated rings. The van der Waals surface area contributed by atoms with E-state index in [0.29, 0.717) is 0 Å². The van der Waals surface area contributed by atoms with Gasteiger partial charge in [-0.15, -0.1) is 0 Å². The zero-order valence-electron chi connectivity index (χ0n) is 11.7. The highest BCUT2D eigenvalue weighted by Crippen LogP contribution is 2.34. The van der Waals surface area contributed by atoms with Gasteiger partial charge in [0.2, 0.25) is 0 Å². The van der Waals surface area contributed by atoms with Crippen molar-refractivity contribution in [3.63, 3.8) is 0 Å². The maximum atomic E-state index is 6.10. The summed E-state index contributed by atoms with van der Waals surface area (Å²) in [6.07, 6.45) is 0.0430. The summed E-state index contributed by atoms with van der Waals surface area (Å²) in [5.41, 5.74) is 2.26. The molecule has 0 spiro atoms. The molecule has 106 valence electrons. The summed E-state index contributed by atoms with van der Waals surface area (Å²) in [5, 5.41) is 5.91. The van der Waals surface area contributed by atoms with Crippen LogP contribution in [0.25, 0.3) is 10.9 Å². The van der Waals surface area contributed by atoms with Gasteiger partial charge in [-0.3, -0.25) is 9.58 Å². The summed E-state index contributed by atoms with van der Waals surface area (Å²) in [6, 6.07) is 8.58. The first-order valence-electron chi connectivity index (χ1n) is 7.19. The van der Waals surface area contributed by atoms with Crippen molar-refractivity contribution in [3.8, 4) is 0 Å². The Morgan fingerprint density at radius 1 is 1.20 bits per heavy atom. The van der Waals surface area contributed by atoms with Crippen molar-refractivity contribution in [3.05, 3.63) is 30.0 Å². The van der Waals surface area contributed by atoms with Crippen LogP contribution in [0.3, 0.4) is 0 Å². The van der Waals surface area contributed by atoms with Gasteiger partial charge in [0.15, 0.2) is 0 Å². The molecule has 20 heavy (non-hydrogen) atoms. The Bertz CT molecular complexity index is 625. The van der Waals surface area contributed by atoms with Crippen molar-refractivity contribution < 1.29 is 9.47 Å². The van der Waals surface area contributed by atoms with Crippen molar-refractivity contribution in [1.82, 2.24) is 14.7 Å². The largest absolute Gasteiger partial charge is 0.378 e. The van der Waals surface area contributed by atoms with Crippen LogP contribution in [0, 0.1) is 0 Å². The first-order valence-corrected chi connectivity index (χ1v) is 7.19. The second-order valence-electron chi connectivity index (χ2n) is 5.54. The molecule has 0 saturated carbocycles. The van der Waals surface area contributed by atoms with E-state index >= 15 is 0 Å². The molecule has 1 aromatic carbocycles. The van der Waals surface area contributed by atoms with Gasteiger partial charge in [0, 0.05) is 11.9 Å². The van der Waals surface area contributed by atoms with Gasteiger partial charge >= 0.3 is 0 Å². The maximum Gasteiger partial charge on any atom is 0.117 e. The van der Waals surface area contributed by atoms with Gasteiger partial charge in [-0.05, 0) is 13.1 Å². The summed E-state index contributed by atoms with van der Waals surface area (Å²) in [5.74, 6) is 0. The Labute approximate surface area is 118 Å². The normalized spacial score (nSPS) is 27.6. The van der Waals surface area contributed by atoms with E-state index < -0.39 is 0 Å². The number of hydrogen-bond donors (Lipinski definition) is 0. The molecule has 0 unspecified atom stereocenters. The van der Waals surface area contributed by atoms with E-state index in [2.05, 4.69) is 34.8 Å². The zero-order chi connectivity index (χ0) is 13.5. The Balaban J connectivity index is 1.80. The zero-order valence-corrected chi connectivity index (χ0v) is 11.7. The molecule has 0 bridgehead atoms. The van der Waals surface area contributed by atoms with Crippen LogP contribution >= 0.6 is 0 Å². The molecule has 2 aromatic rings. The second-order valence-corrected chi connectivity index (χ2v) is 5.54. The van der Waals surface area contributed by atoms with E-state index in [9.17, 15) is 0 Å². The van der Waals surface area contributed by atoms with Crippen LogP contribution in [0.2, 0.25) is 0 Å². The van der Waals surface area contributed by atoms with E-state index in [4.69, 9.17) is 14.6 Å². The average molecular weight is 273 g/mol. The van der Waals surface area contributed by atoms with Gasteiger partial charge in [0.05, 0.1) is 43.6 Å². The van der Waals surface area contributed by atoms with Gasteiger partial charge in [-0.25, -0.2) is 0 Å². The number of fused-ring (bicyclic) bond motifs is 3. The number of benzene rings is 1. The summed E-state index contributed by atoms with van der Waals surface area (Å²) >= 11 is 0. The van der Waals surface area contributed by atoms with E-state index in [0.717, 1.165) is 38.4 Å². The third kappa shape index (κ3) is 1.85. The number of likely N-dealkylation sites (N-methyl/N-ethyl adjacent to an activating group) is 1. The second kappa shape index (κ2) is 4.84. The number of aromatic nitrogens is 2. The van der Waals surface area contributed by atoms with Crippen LogP contribution in [0.5, 0.6) is 0 Å². The highest BCUT2D eigenvalue weighted by molar-refractivity contribution is 5.82. The predicted octanol–water partition coefficient (Wildman–Crippen LogP) is 1.44. The molecule has 2 aliphatic rings. The Kier molecular flexibility index (Phi) is 2.98. The highest BCUT2D eigenvalue weighted by atomic mass is 16.5. The van der Waals surface area contributed by atoms with Gasteiger partial charge in [-0.2, -0.15) is 5.10 Å². The van der Waals surface area contributed by atoms with Gasteiger partial charge in [-0.1, -0.05) is 18.2 Å². The van der Waals surface area contributed by atoms with E-state index in [1.54, 1.807) is 0 Å². The minimum atomic E-state index is 0.0430. The lowest BCUT2D eigenvalue weighted by molar-refractivity contribution is -0.0895. The topological polar surface area (TPSA) is 39.5 Å². The Morgan fingerprint density at radius 2 is 2.10 bits per heavy atom. The van der Waals surface area contributed by atoms with Crippen molar-refractivity contribution in [2.24, 2.45) is 0 Å². The molecule has 1 saturated heterocycles. The molecule has 3 heterocycles. The quantitative estimate of drug-likeness (QED) is 0.788. The standard InChI is InChI=1S/C15H19N3O2/c1-17-6-8-19-10-13(17)15-14-11-4-2-3-5-12(11)16-18(14)7-9-20-15/h2-5,13,15H,6-10H2,1H3/t13-,15+/m0/s1. The lowest BCUT2D eigenvalue weighted by atomic mass is 10.0. The smallest absolute Gasteiger partial charge is 0.117 e. The first-order chi connectivity index (χ1) is 9.84. The molecule has 5 nitrogen and oxygen atoms in total. The minimum absolute atomic E-state index is 0.0430. The molecule has 4 rings (SSSR count). The molecule has 2 atom stereocenters. The lowest BCUT2D eigenvalue weighted by Gasteiger charge is -2.39. The first kappa shape index (κ1) is 12.3. The molecular weight excluding hydrogens is 254 g/mol. The van der Waals surface area contributed by atoms with Crippen molar-refractivity contribution >= 4 is 10.9 Å². The van der Waals surface area contributed by atoms with Gasteiger partial charge in [0.25, 0.3) is 0 Å². The fourth-order valence-corrected chi connectivity index (χ4v) is 3.23. The summed E-state index contributed by atoms with van der Waals surface area (Å²) < 4.78 is 13.9. The molecule has 2 aliphatic heterocycles. The van der Waals surface area contributed by atoms with Gasteiger partial charge in [0.1, 0.15) is 6.10 Å². The maximum absolute atomic E-state index is 6.10. The summed E-state index contributed by atoms with van der Waals surface area (Å²) in [4.78, 5) is 2.34. The Morgan fingerprint density at radius 3 is 3.00 bits per heavy atom. The number of morpholine rings is 1. The number of ether oxygens (including phenoxy) is 2. The summed E-state index contributed by atoms with van der Waals surface area (Å²) in [7, 11) is 2.15. The number of nitrogens with zero attached hydrogens (tertiary/aromatic N) is 3. The van der Waals surface area contributed by atoms with Crippen molar-refractivity contribution in [1.29, 1.82) is 0 Å². The van der Waals surface area contributed by atoms with Crippen molar-refractivity contribution in [2.45, 2.75) is 18.7 Å². The molecule has 5 heteroatoms. The third-order valence-electron chi connectivity index (χ3n) is 4.35. The fraction of sp³-hybridized carbons (Fsp3) is 0.533. The van der Waals surface area contributed by atoms with E-state index in [1.807, 2.05) is 6.07 Å². The van der Waals surface area contributed by atoms with Gasteiger partial charge < -0.3 is 9.47 Å². The minimum Gasteiger partial charge on any atom is -0.378 e. The van der Waals surface area contributed by atoms with Crippen LogP contribution in [-0.2, 0) is 16.0 Å². The monoisotopic (exact) mass is 273 g/mol. The molecule has 0 N–H and O–H groups in total. The van der Waals surface area contributed by atoms with Crippen LogP contribution < -0.4 is 0 Å². The van der Waals surface area contributed by atoms with Crippen LogP contribution in [-0.4, -0.2) is 54.1 Å². The predicted molar refractivity (Wildman–Crippen MR) is 75.7 cm³/mol. The van der Waals surface area contributed by atoms with E-state index in [1.165, 1.54) is 11.1 Å². The van der Waals surface area contributed by atoms with Crippen LogP contribution in [0.4, 0.5) is 0 Å². The number of hydrogen-bond acceptors (Lipinski definition) is 4. The molecular formula is C15H19N3O2. The SMILES string of the molecule is CN1CCOC[C@H]1[C@H]1OCCn2nc3ccccc3c21. The summed E-state index contributed by atoms with van der Waals surface area (Å²) in [6.45, 7) is 4.03. The van der Waals surface area contributed by atoms with E-state index in [-0.39, 0.29) is 12.1 Å². The number of rotatable bonds is 1. The lowest BCUT2D eigenvalue weighted by Crippen LogP contribution is -2.48.